The number of hydrogen-bond acceptors (Lipinski definition) is 4. The Balaban J connectivity index is 2.55. The van der Waals surface area contributed by atoms with E-state index in [1.54, 1.807) is 18.5 Å². The van der Waals surface area contributed by atoms with Gasteiger partial charge in [-0.15, -0.1) is 0 Å². The van der Waals surface area contributed by atoms with Gasteiger partial charge in [0.15, 0.2) is 0 Å². The lowest BCUT2D eigenvalue weighted by Crippen LogP contribution is -2.30. The molecule has 0 aliphatic rings. The van der Waals surface area contributed by atoms with Crippen LogP contribution >= 0.6 is 0 Å². The minimum absolute atomic E-state index is 0.164. The Morgan fingerprint density at radius 1 is 1.69 bits per heavy atom. The molecule has 0 aliphatic carbocycles. The number of nitriles is 1. The summed E-state index contributed by atoms with van der Waals surface area (Å²) in [4.78, 5) is 3.97. The molecule has 16 heavy (non-hydrogen) atoms. The summed E-state index contributed by atoms with van der Waals surface area (Å²) in [6.07, 6.45) is 3.29. The van der Waals surface area contributed by atoms with Gasteiger partial charge in [0.2, 0.25) is 0 Å². The molecule has 0 spiro atoms. The Hall–Kier alpha value is -1.25. The van der Waals surface area contributed by atoms with Crippen LogP contribution in [0.4, 0.5) is 0 Å². The second kappa shape index (κ2) is 6.36. The molecule has 1 N–H and O–H groups in total. The summed E-state index contributed by atoms with van der Waals surface area (Å²) in [6, 6.07) is 5.89. The van der Waals surface area contributed by atoms with Crippen molar-refractivity contribution in [2.45, 2.75) is 19.5 Å². The monoisotopic (exact) mass is 237 g/mol. The van der Waals surface area contributed by atoms with Crippen LogP contribution in [-0.2, 0) is 17.3 Å². The van der Waals surface area contributed by atoms with Gasteiger partial charge in [-0.25, -0.2) is 4.98 Å². The van der Waals surface area contributed by atoms with Crippen LogP contribution in [-0.4, -0.2) is 27.2 Å². The highest BCUT2D eigenvalue weighted by Crippen LogP contribution is 2.03. The van der Waals surface area contributed by atoms with Crippen molar-refractivity contribution >= 4 is 10.8 Å². The quantitative estimate of drug-likeness (QED) is 0.823. The molecular formula is C11H15N3OS. The van der Waals surface area contributed by atoms with Crippen LogP contribution in [0.1, 0.15) is 18.2 Å². The number of hydrogen-bond donors (Lipinski definition) is 1. The molecule has 0 bridgehead atoms. The van der Waals surface area contributed by atoms with E-state index in [2.05, 4.69) is 10.3 Å². The summed E-state index contributed by atoms with van der Waals surface area (Å²) in [5.41, 5.74) is 1.32. The second-order valence-corrected chi connectivity index (χ2v) is 5.12. The molecule has 0 saturated heterocycles. The van der Waals surface area contributed by atoms with Crippen LogP contribution in [0.25, 0.3) is 0 Å². The van der Waals surface area contributed by atoms with Crippen LogP contribution in [0.5, 0.6) is 0 Å². The molecule has 0 aromatic carbocycles. The highest BCUT2D eigenvalue weighted by Gasteiger charge is 2.06. The number of rotatable bonds is 5. The van der Waals surface area contributed by atoms with E-state index < -0.39 is 10.8 Å². The molecule has 1 heterocycles. The van der Waals surface area contributed by atoms with Crippen LogP contribution in [0.15, 0.2) is 18.3 Å². The average molecular weight is 237 g/mol. The van der Waals surface area contributed by atoms with Gasteiger partial charge in [-0.2, -0.15) is 5.26 Å². The van der Waals surface area contributed by atoms with E-state index in [0.29, 0.717) is 18.0 Å². The number of nitrogens with zero attached hydrogens (tertiary/aromatic N) is 2. The second-order valence-electron chi connectivity index (χ2n) is 3.64. The highest BCUT2D eigenvalue weighted by atomic mass is 32.2. The topological polar surface area (TPSA) is 65.8 Å². The average Bonchev–Trinajstić information content (AvgIpc) is 2.26. The molecule has 4 nitrogen and oxygen atoms in total. The van der Waals surface area contributed by atoms with Gasteiger partial charge in [-0.1, -0.05) is 6.07 Å². The first kappa shape index (κ1) is 12.8. The lowest BCUT2D eigenvalue weighted by molar-refractivity contribution is 0.586. The molecule has 5 heteroatoms. The zero-order valence-electron chi connectivity index (χ0n) is 9.43. The fraction of sp³-hybridized carbons (Fsp3) is 0.455. The lowest BCUT2D eigenvalue weighted by atomic mass is 10.2. The van der Waals surface area contributed by atoms with Gasteiger partial charge in [0.25, 0.3) is 0 Å². The smallest absolute Gasteiger partial charge is 0.144 e. The van der Waals surface area contributed by atoms with E-state index in [9.17, 15) is 4.21 Å². The van der Waals surface area contributed by atoms with Crippen LogP contribution < -0.4 is 5.32 Å². The summed E-state index contributed by atoms with van der Waals surface area (Å²) in [6.45, 7) is 2.55. The maximum Gasteiger partial charge on any atom is 0.144 e. The van der Waals surface area contributed by atoms with Gasteiger partial charge >= 0.3 is 0 Å². The third-order valence-electron chi connectivity index (χ3n) is 2.12. The Labute approximate surface area is 98.2 Å². The highest BCUT2D eigenvalue weighted by molar-refractivity contribution is 7.84. The Morgan fingerprint density at radius 3 is 3.06 bits per heavy atom. The molecule has 0 radical (unpaired) electrons. The minimum atomic E-state index is -0.804. The predicted octanol–water partition coefficient (Wildman–Crippen LogP) is 0.810. The summed E-state index contributed by atoms with van der Waals surface area (Å²) in [5, 5.41) is 12.1. The van der Waals surface area contributed by atoms with E-state index >= 15 is 0 Å². The van der Waals surface area contributed by atoms with E-state index in [1.165, 1.54) is 0 Å². The fourth-order valence-electron chi connectivity index (χ4n) is 1.38. The van der Waals surface area contributed by atoms with Crippen molar-refractivity contribution in [2.24, 2.45) is 0 Å². The molecular weight excluding hydrogens is 222 g/mol. The predicted molar refractivity (Wildman–Crippen MR) is 64.2 cm³/mol. The lowest BCUT2D eigenvalue weighted by Gasteiger charge is -2.12. The maximum atomic E-state index is 11.0. The van der Waals surface area contributed by atoms with E-state index in [-0.39, 0.29) is 6.04 Å². The van der Waals surface area contributed by atoms with Gasteiger partial charge in [0, 0.05) is 47.2 Å². The zero-order valence-corrected chi connectivity index (χ0v) is 10.3. The largest absolute Gasteiger partial charge is 0.309 e. The van der Waals surface area contributed by atoms with E-state index in [0.717, 1.165) is 5.56 Å². The van der Waals surface area contributed by atoms with E-state index in [4.69, 9.17) is 5.26 Å². The molecule has 0 fully saturated rings. The third kappa shape index (κ3) is 4.09. The Morgan fingerprint density at radius 2 is 2.44 bits per heavy atom. The minimum Gasteiger partial charge on any atom is -0.309 e. The third-order valence-corrected chi connectivity index (χ3v) is 3.09. The summed E-state index contributed by atoms with van der Waals surface area (Å²) < 4.78 is 11.0. The first-order chi connectivity index (χ1) is 7.63. The van der Waals surface area contributed by atoms with Gasteiger partial charge in [-0.3, -0.25) is 4.21 Å². The molecule has 86 valence electrons. The van der Waals surface area contributed by atoms with Crippen molar-refractivity contribution in [1.29, 1.82) is 5.26 Å². The van der Waals surface area contributed by atoms with Crippen molar-refractivity contribution < 1.29 is 4.21 Å². The molecule has 0 saturated carbocycles. The molecule has 1 aromatic heterocycles. The fourth-order valence-corrected chi connectivity index (χ4v) is 2.20. The van der Waals surface area contributed by atoms with Crippen molar-refractivity contribution in [3.8, 4) is 6.07 Å². The first-order valence-electron chi connectivity index (χ1n) is 5.01. The summed E-state index contributed by atoms with van der Waals surface area (Å²) in [5.74, 6) is 0.613. The number of pyridine rings is 1. The molecule has 1 aromatic rings. The van der Waals surface area contributed by atoms with Gasteiger partial charge in [-0.05, 0) is 13.0 Å². The molecule has 1 rings (SSSR count). The van der Waals surface area contributed by atoms with Crippen LogP contribution in [0, 0.1) is 11.3 Å². The maximum absolute atomic E-state index is 11.0. The van der Waals surface area contributed by atoms with Crippen molar-refractivity contribution in [3.05, 3.63) is 29.6 Å². The summed E-state index contributed by atoms with van der Waals surface area (Å²) in [7, 11) is -0.804. The zero-order chi connectivity index (χ0) is 12.0. The van der Waals surface area contributed by atoms with Gasteiger partial charge < -0.3 is 5.32 Å². The number of aromatic nitrogens is 1. The Kier molecular flexibility index (Phi) is 5.09. The summed E-state index contributed by atoms with van der Waals surface area (Å²) >= 11 is 0. The molecule has 2 atom stereocenters. The van der Waals surface area contributed by atoms with Crippen molar-refractivity contribution in [2.75, 3.05) is 12.0 Å². The Bertz CT molecular complexity index is 414. The molecule has 2 unspecified atom stereocenters. The molecule has 0 aliphatic heterocycles. The van der Waals surface area contributed by atoms with Crippen LogP contribution in [0.2, 0.25) is 0 Å². The van der Waals surface area contributed by atoms with Gasteiger partial charge in [0.1, 0.15) is 11.8 Å². The van der Waals surface area contributed by atoms with Gasteiger partial charge in [0.05, 0.1) is 0 Å². The van der Waals surface area contributed by atoms with Crippen molar-refractivity contribution in [1.82, 2.24) is 10.3 Å². The normalized spacial score (nSPS) is 14.1. The van der Waals surface area contributed by atoms with E-state index in [1.807, 2.05) is 19.1 Å². The standard InChI is InChI=1S/C11H15N3OS/c1-9(8-16(2)15)14-7-10-4-3-5-13-11(10)6-12/h3-5,9,14H,7-8H2,1-2H3. The SMILES string of the molecule is CC(CS(C)=O)NCc1cccnc1C#N. The number of nitrogens with one attached hydrogen (secondary N) is 1. The van der Waals surface area contributed by atoms with Crippen molar-refractivity contribution in [3.63, 3.8) is 0 Å². The molecule has 0 amide bonds. The first-order valence-corrected chi connectivity index (χ1v) is 6.73. The van der Waals surface area contributed by atoms with Crippen LogP contribution in [0.3, 0.4) is 0 Å².